The first-order valence-electron chi connectivity index (χ1n) is 6.72. The Labute approximate surface area is 124 Å². The van der Waals surface area contributed by atoms with E-state index in [2.05, 4.69) is 15.5 Å². The normalized spacial score (nSPS) is 21.0. The number of rotatable bonds is 3. The third-order valence-corrected chi connectivity index (χ3v) is 3.79. The highest BCUT2D eigenvalue weighted by atomic mass is 19.3. The number of ether oxygens (including phenoxy) is 1. The summed E-state index contributed by atoms with van der Waals surface area (Å²) >= 11 is 0. The molecule has 1 fully saturated rings. The molecule has 2 heterocycles. The molecule has 0 bridgehead atoms. The van der Waals surface area contributed by atoms with Crippen LogP contribution in [0.5, 0.6) is 5.88 Å². The van der Waals surface area contributed by atoms with Crippen molar-refractivity contribution in [2.75, 3.05) is 7.11 Å². The zero-order chi connectivity index (χ0) is 15.9. The van der Waals surface area contributed by atoms with Crippen LogP contribution in [0.1, 0.15) is 36.4 Å². The monoisotopic (exact) mass is 309 g/mol. The summed E-state index contributed by atoms with van der Waals surface area (Å²) in [5.74, 6) is -3.65. The number of carbonyl (C=O) groups is 2. The fourth-order valence-corrected chi connectivity index (χ4v) is 2.60. The molecule has 1 aliphatic carbocycles. The molecule has 1 saturated carbocycles. The maximum atomic E-state index is 13.1. The molecule has 0 aromatic carbocycles. The number of nitrogens with zero attached hydrogens (tertiary/aromatic N) is 2. The topological polar surface area (TPSA) is 81.2 Å². The van der Waals surface area contributed by atoms with Crippen molar-refractivity contribution >= 4 is 17.3 Å². The SMILES string of the molecule is COc1nnc(C2=CNC(=O)CC2=O)cc1C1CC(F)(F)C1. The van der Waals surface area contributed by atoms with Gasteiger partial charge in [-0.1, -0.05) is 0 Å². The van der Waals surface area contributed by atoms with Gasteiger partial charge in [0.25, 0.3) is 0 Å². The maximum absolute atomic E-state index is 13.1. The molecule has 6 nitrogen and oxygen atoms in total. The molecule has 1 amide bonds. The number of halogens is 2. The molecular formula is C14H13F2N3O3. The number of amides is 1. The van der Waals surface area contributed by atoms with Crippen LogP contribution in [0, 0.1) is 0 Å². The van der Waals surface area contributed by atoms with Crippen molar-refractivity contribution < 1.29 is 23.1 Å². The number of Topliss-reactive ketones (excluding diaryl/α,β-unsaturated/α-hetero) is 1. The third-order valence-electron chi connectivity index (χ3n) is 3.79. The van der Waals surface area contributed by atoms with Crippen molar-refractivity contribution in [1.82, 2.24) is 15.5 Å². The van der Waals surface area contributed by atoms with Gasteiger partial charge in [-0.05, 0) is 6.07 Å². The van der Waals surface area contributed by atoms with E-state index in [1.807, 2.05) is 0 Å². The molecule has 116 valence electrons. The molecule has 0 atom stereocenters. The van der Waals surface area contributed by atoms with E-state index in [1.54, 1.807) is 0 Å². The summed E-state index contributed by atoms with van der Waals surface area (Å²) in [5.41, 5.74) is 0.960. The van der Waals surface area contributed by atoms with Crippen LogP contribution in [-0.4, -0.2) is 34.9 Å². The summed E-state index contributed by atoms with van der Waals surface area (Å²) in [5, 5.41) is 10.2. The highest BCUT2D eigenvalue weighted by Gasteiger charge is 2.47. The van der Waals surface area contributed by atoms with Gasteiger partial charge in [0, 0.05) is 30.5 Å². The van der Waals surface area contributed by atoms with E-state index in [0.29, 0.717) is 5.56 Å². The standard InChI is InChI=1S/C14H13F2N3O3/c1-22-13-8(7-4-14(15,16)5-7)2-10(18-19-13)9-6-17-12(21)3-11(9)20/h2,6-7H,3-5H2,1H3,(H,17,21). The van der Waals surface area contributed by atoms with Gasteiger partial charge in [-0.15, -0.1) is 10.2 Å². The lowest BCUT2D eigenvalue weighted by atomic mass is 9.77. The summed E-state index contributed by atoms with van der Waals surface area (Å²) in [6, 6.07) is 1.53. The number of alkyl halides is 2. The zero-order valence-corrected chi connectivity index (χ0v) is 11.7. The average molecular weight is 309 g/mol. The first kappa shape index (κ1) is 14.6. The van der Waals surface area contributed by atoms with E-state index in [0.717, 1.165) is 0 Å². The molecule has 1 aromatic rings. The van der Waals surface area contributed by atoms with Gasteiger partial charge in [0.05, 0.1) is 24.8 Å². The Kier molecular flexibility index (Phi) is 3.38. The number of hydrogen-bond acceptors (Lipinski definition) is 5. The lowest BCUT2D eigenvalue weighted by molar-refractivity contribution is -0.125. The highest BCUT2D eigenvalue weighted by Crippen LogP contribution is 2.50. The van der Waals surface area contributed by atoms with Crippen LogP contribution in [0.4, 0.5) is 8.78 Å². The molecule has 22 heavy (non-hydrogen) atoms. The molecule has 1 aliphatic heterocycles. The molecule has 0 spiro atoms. The van der Waals surface area contributed by atoms with Gasteiger partial charge in [0.15, 0.2) is 5.78 Å². The Morgan fingerprint density at radius 2 is 2.05 bits per heavy atom. The number of hydrogen-bond donors (Lipinski definition) is 1. The van der Waals surface area contributed by atoms with Gasteiger partial charge in [-0.3, -0.25) is 9.59 Å². The number of nitrogens with one attached hydrogen (secondary N) is 1. The third kappa shape index (κ3) is 2.56. The van der Waals surface area contributed by atoms with Crippen LogP contribution in [0.25, 0.3) is 5.57 Å². The Balaban J connectivity index is 1.94. The summed E-state index contributed by atoms with van der Waals surface area (Å²) in [6.07, 6.45) is 0.441. The van der Waals surface area contributed by atoms with E-state index in [9.17, 15) is 18.4 Å². The van der Waals surface area contributed by atoms with Crippen molar-refractivity contribution in [2.24, 2.45) is 0 Å². The quantitative estimate of drug-likeness (QED) is 0.854. The van der Waals surface area contributed by atoms with Crippen LogP contribution >= 0.6 is 0 Å². The number of carbonyl (C=O) groups excluding carboxylic acids is 2. The second kappa shape index (κ2) is 5.11. The lowest BCUT2D eigenvalue weighted by Gasteiger charge is -2.35. The molecular weight excluding hydrogens is 296 g/mol. The van der Waals surface area contributed by atoms with Crippen molar-refractivity contribution in [3.8, 4) is 5.88 Å². The van der Waals surface area contributed by atoms with E-state index < -0.39 is 11.8 Å². The fraction of sp³-hybridized carbons (Fsp3) is 0.429. The molecule has 1 aromatic heterocycles. The zero-order valence-electron chi connectivity index (χ0n) is 11.7. The van der Waals surface area contributed by atoms with E-state index >= 15 is 0 Å². The van der Waals surface area contributed by atoms with Crippen LogP contribution in [-0.2, 0) is 9.59 Å². The van der Waals surface area contributed by atoms with Crippen molar-refractivity contribution in [2.45, 2.75) is 31.1 Å². The van der Waals surface area contributed by atoms with Crippen LogP contribution in [0.15, 0.2) is 12.3 Å². The van der Waals surface area contributed by atoms with Crippen molar-refractivity contribution in [3.63, 3.8) is 0 Å². The summed E-state index contributed by atoms with van der Waals surface area (Å²) in [4.78, 5) is 23.0. The van der Waals surface area contributed by atoms with Crippen LogP contribution < -0.4 is 10.1 Å². The predicted molar refractivity (Wildman–Crippen MR) is 71.2 cm³/mol. The van der Waals surface area contributed by atoms with Gasteiger partial charge in [-0.2, -0.15) is 0 Å². The van der Waals surface area contributed by atoms with E-state index in [1.165, 1.54) is 19.4 Å². The summed E-state index contributed by atoms with van der Waals surface area (Å²) in [7, 11) is 1.38. The molecule has 8 heteroatoms. The van der Waals surface area contributed by atoms with Crippen LogP contribution in [0.3, 0.4) is 0 Å². The van der Waals surface area contributed by atoms with Gasteiger partial charge in [-0.25, -0.2) is 8.78 Å². The van der Waals surface area contributed by atoms with Gasteiger partial charge in [0.1, 0.15) is 0 Å². The minimum absolute atomic E-state index is 0.178. The number of ketones is 1. The summed E-state index contributed by atoms with van der Waals surface area (Å²) in [6.45, 7) is 0. The first-order valence-corrected chi connectivity index (χ1v) is 6.72. The second-order valence-electron chi connectivity index (χ2n) is 5.38. The highest BCUT2D eigenvalue weighted by molar-refractivity contribution is 6.27. The average Bonchev–Trinajstić information content (AvgIpc) is 2.44. The van der Waals surface area contributed by atoms with E-state index in [-0.39, 0.29) is 48.1 Å². The number of aromatic nitrogens is 2. The molecule has 3 rings (SSSR count). The molecule has 2 aliphatic rings. The van der Waals surface area contributed by atoms with Gasteiger partial charge < -0.3 is 10.1 Å². The Hall–Kier alpha value is -2.38. The number of methoxy groups -OCH3 is 1. The smallest absolute Gasteiger partial charge is 0.249 e. The Morgan fingerprint density at radius 3 is 2.64 bits per heavy atom. The van der Waals surface area contributed by atoms with Crippen molar-refractivity contribution in [3.05, 3.63) is 23.5 Å². The lowest BCUT2D eigenvalue weighted by Crippen LogP contribution is -2.34. The largest absolute Gasteiger partial charge is 0.480 e. The van der Waals surface area contributed by atoms with Crippen molar-refractivity contribution in [1.29, 1.82) is 0 Å². The molecule has 0 radical (unpaired) electrons. The second-order valence-corrected chi connectivity index (χ2v) is 5.38. The van der Waals surface area contributed by atoms with Gasteiger partial charge >= 0.3 is 0 Å². The fourth-order valence-electron chi connectivity index (χ4n) is 2.60. The van der Waals surface area contributed by atoms with Crippen LogP contribution in [0.2, 0.25) is 0 Å². The minimum atomic E-state index is -2.67. The Morgan fingerprint density at radius 1 is 1.32 bits per heavy atom. The van der Waals surface area contributed by atoms with Gasteiger partial charge in [0.2, 0.25) is 17.7 Å². The molecule has 1 N–H and O–H groups in total. The summed E-state index contributed by atoms with van der Waals surface area (Å²) < 4.78 is 31.2. The number of allylic oxidation sites excluding steroid dienone is 1. The van der Waals surface area contributed by atoms with E-state index in [4.69, 9.17) is 4.74 Å². The Bertz CT molecular complexity index is 680. The molecule has 0 saturated heterocycles. The maximum Gasteiger partial charge on any atom is 0.249 e. The first-order chi connectivity index (χ1) is 10.4. The molecule has 0 unspecified atom stereocenters. The minimum Gasteiger partial charge on any atom is -0.480 e. The predicted octanol–water partition coefficient (Wildman–Crippen LogP) is 1.43.